The molecule has 2 rings (SSSR count). The van der Waals surface area contributed by atoms with Crippen LogP contribution < -0.4 is 15.6 Å². The van der Waals surface area contributed by atoms with Crippen LogP contribution in [0.5, 0.6) is 5.75 Å². The molecular formula is C17H23N3O2. The summed E-state index contributed by atoms with van der Waals surface area (Å²) in [5, 5.41) is 10.0. The number of rotatable bonds is 6. The third kappa shape index (κ3) is 3.95. The molecule has 0 aliphatic carbocycles. The van der Waals surface area contributed by atoms with Crippen LogP contribution in [0.15, 0.2) is 29.1 Å². The van der Waals surface area contributed by atoms with Gasteiger partial charge in [0.1, 0.15) is 5.75 Å². The third-order valence-electron chi connectivity index (χ3n) is 3.38. The summed E-state index contributed by atoms with van der Waals surface area (Å²) in [6.07, 6.45) is 0. The van der Waals surface area contributed by atoms with Gasteiger partial charge in [-0.15, -0.1) is 0 Å². The first-order valence-corrected chi connectivity index (χ1v) is 7.45. The van der Waals surface area contributed by atoms with Crippen LogP contribution in [0.2, 0.25) is 0 Å². The minimum atomic E-state index is -0.161. The van der Waals surface area contributed by atoms with Crippen molar-refractivity contribution in [1.82, 2.24) is 15.5 Å². The molecule has 0 amide bonds. The molecule has 0 saturated carbocycles. The lowest BCUT2D eigenvalue weighted by Gasteiger charge is -2.10. The topological polar surface area (TPSA) is 67.0 Å². The highest BCUT2D eigenvalue weighted by Crippen LogP contribution is 2.29. The van der Waals surface area contributed by atoms with E-state index in [0.29, 0.717) is 23.7 Å². The summed E-state index contributed by atoms with van der Waals surface area (Å²) in [5.74, 6) is 1.28. The number of nitrogens with one attached hydrogen (secondary N) is 2. The summed E-state index contributed by atoms with van der Waals surface area (Å²) < 4.78 is 5.39. The van der Waals surface area contributed by atoms with Crippen molar-refractivity contribution in [2.24, 2.45) is 5.92 Å². The van der Waals surface area contributed by atoms with Crippen molar-refractivity contribution in [3.05, 3.63) is 45.7 Å². The molecule has 1 aromatic heterocycles. The van der Waals surface area contributed by atoms with Gasteiger partial charge in [0.15, 0.2) is 0 Å². The fraction of sp³-hybridized carbons (Fsp3) is 0.412. The highest BCUT2D eigenvalue weighted by molar-refractivity contribution is 5.68. The molecule has 22 heavy (non-hydrogen) atoms. The highest BCUT2D eigenvalue weighted by Gasteiger charge is 2.10. The van der Waals surface area contributed by atoms with E-state index in [1.54, 1.807) is 7.11 Å². The highest BCUT2D eigenvalue weighted by atomic mass is 16.5. The maximum absolute atomic E-state index is 11.9. The molecule has 0 aliphatic heterocycles. The molecule has 0 fully saturated rings. The number of hydrogen-bond acceptors (Lipinski definition) is 4. The smallest absolute Gasteiger partial charge is 0.268 e. The van der Waals surface area contributed by atoms with Gasteiger partial charge in [-0.3, -0.25) is 4.79 Å². The Hall–Kier alpha value is -2.14. The van der Waals surface area contributed by atoms with E-state index >= 15 is 0 Å². The molecule has 0 radical (unpaired) electrons. The Balaban J connectivity index is 2.33. The molecule has 0 unspecified atom stereocenters. The summed E-state index contributed by atoms with van der Waals surface area (Å²) in [7, 11) is 1.63. The van der Waals surface area contributed by atoms with Crippen LogP contribution in [-0.2, 0) is 6.54 Å². The van der Waals surface area contributed by atoms with Crippen molar-refractivity contribution in [1.29, 1.82) is 0 Å². The van der Waals surface area contributed by atoms with Gasteiger partial charge in [-0.05, 0) is 37.6 Å². The molecule has 0 bridgehead atoms. The van der Waals surface area contributed by atoms with E-state index in [9.17, 15) is 4.79 Å². The third-order valence-corrected chi connectivity index (χ3v) is 3.38. The van der Waals surface area contributed by atoms with Gasteiger partial charge >= 0.3 is 0 Å². The average Bonchev–Trinajstić information content (AvgIpc) is 2.49. The van der Waals surface area contributed by atoms with Crippen molar-refractivity contribution in [3.8, 4) is 17.0 Å². The van der Waals surface area contributed by atoms with Gasteiger partial charge < -0.3 is 10.1 Å². The average molecular weight is 301 g/mol. The minimum absolute atomic E-state index is 0.161. The molecule has 1 aromatic carbocycles. The number of benzene rings is 1. The molecule has 0 spiro atoms. The summed E-state index contributed by atoms with van der Waals surface area (Å²) in [6.45, 7) is 7.67. The Morgan fingerprint density at radius 2 is 2.09 bits per heavy atom. The SMILES string of the molecule is COc1ccc(C)cc1-c1cc(CNCC(C)C)c(=O)[nH]n1. The Labute approximate surface area is 130 Å². The molecule has 5 heteroatoms. The zero-order valence-corrected chi connectivity index (χ0v) is 13.6. The van der Waals surface area contributed by atoms with E-state index < -0.39 is 0 Å². The number of nitrogens with zero attached hydrogens (tertiary/aromatic N) is 1. The molecule has 118 valence electrons. The van der Waals surface area contributed by atoms with E-state index in [4.69, 9.17) is 4.74 Å². The Bertz CT molecular complexity index is 693. The maximum atomic E-state index is 11.9. The first-order chi connectivity index (χ1) is 10.5. The number of aryl methyl sites for hydroxylation is 1. The van der Waals surface area contributed by atoms with E-state index in [2.05, 4.69) is 29.4 Å². The fourth-order valence-corrected chi connectivity index (χ4v) is 2.23. The van der Waals surface area contributed by atoms with E-state index in [0.717, 1.165) is 23.4 Å². The van der Waals surface area contributed by atoms with Gasteiger partial charge in [-0.1, -0.05) is 25.5 Å². The van der Waals surface area contributed by atoms with Gasteiger partial charge in [0.25, 0.3) is 5.56 Å². The lowest BCUT2D eigenvalue weighted by Crippen LogP contribution is -2.24. The molecular weight excluding hydrogens is 278 g/mol. The van der Waals surface area contributed by atoms with Crippen molar-refractivity contribution < 1.29 is 4.74 Å². The summed E-state index contributed by atoms with van der Waals surface area (Å²) in [4.78, 5) is 11.9. The first kappa shape index (κ1) is 16.2. The molecule has 5 nitrogen and oxygen atoms in total. The van der Waals surface area contributed by atoms with Gasteiger partial charge in [0.2, 0.25) is 0 Å². The van der Waals surface area contributed by atoms with E-state index in [1.165, 1.54) is 0 Å². The monoisotopic (exact) mass is 301 g/mol. The largest absolute Gasteiger partial charge is 0.496 e. The summed E-state index contributed by atoms with van der Waals surface area (Å²) in [5.41, 5.74) is 3.22. The fourth-order valence-electron chi connectivity index (χ4n) is 2.23. The predicted molar refractivity (Wildman–Crippen MR) is 88.1 cm³/mol. The minimum Gasteiger partial charge on any atom is -0.496 e. The second-order valence-electron chi connectivity index (χ2n) is 5.84. The zero-order chi connectivity index (χ0) is 16.1. The summed E-state index contributed by atoms with van der Waals surface area (Å²) >= 11 is 0. The van der Waals surface area contributed by atoms with Crippen molar-refractivity contribution >= 4 is 0 Å². The molecule has 0 aliphatic rings. The van der Waals surface area contributed by atoms with Crippen LogP contribution in [0, 0.1) is 12.8 Å². The van der Waals surface area contributed by atoms with Gasteiger partial charge in [0.05, 0.1) is 12.8 Å². The Morgan fingerprint density at radius 3 is 2.77 bits per heavy atom. The van der Waals surface area contributed by atoms with Crippen LogP contribution in [-0.4, -0.2) is 23.9 Å². The second kappa shape index (κ2) is 7.22. The molecule has 0 saturated heterocycles. The van der Waals surface area contributed by atoms with Crippen molar-refractivity contribution in [2.45, 2.75) is 27.3 Å². The number of H-pyrrole nitrogens is 1. The maximum Gasteiger partial charge on any atom is 0.268 e. The standard InChI is InChI=1S/C17H23N3O2/c1-11(2)9-18-10-13-8-15(19-20-17(13)21)14-7-12(3)5-6-16(14)22-4/h5-8,11,18H,9-10H2,1-4H3,(H,20,21). The van der Waals surface area contributed by atoms with Crippen LogP contribution in [0.4, 0.5) is 0 Å². The van der Waals surface area contributed by atoms with Gasteiger partial charge in [0, 0.05) is 17.7 Å². The Morgan fingerprint density at radius 1 is 1.32 bits per heavy atom. The zero-order valence-electron chi connectivity index (χ0n) is 13.6. The second-order valence-corrected chi connectivity index (χ2v) is 5.84. The summed E-state index contributed by atoms with van der Waals surface area (Å²) in [6, 6.07) is 7.72. The Kier molecular flexibility index (Phi) is 5.33. The van der Waals surface area contributed by atoms with E-state index in [-0.39, 0.29) is 5.56 Å². The normalized spacial score (nSPS) is 11.0. The molecule has 2 N–H and O–H groups in total. The van der Waals surface area contributed by atoms with E-state index in [1.807, 2.05) is 31.2 Å². The van der Waals surface area contributed by atoms with Gasteiger partial charge in [-0.2, -0.15) is 5.10 Å². The number of hydrogen-bond donors (Lipinski definition) is 2. The van der Waals surface area contributed by atoms with Crippen LogP contribution in [0.3, 0.4) is 0 Å². The van der Waals surface area contributed by atoms with Crippen LogP contribution >= 0.6 is 0 Å². The van der Waals surface area contributed by atoms with Crippen molar-refractivity contribution in [3.63, 3.8) is 0 Å². The predicted octanol–water partition coefficient (Wildman–Crippen LogP) is 2.50. The van der Waals surface area contributed by atoms with Crippen LogP contribution in [0.25, 0.3) is 11.3 Å². The number of aromatic amines is 1. The van der Waals surface area contributed by atoms with Crippen molar-refractivity contribution in [2.75, 3.05) is 13.7 Å². The van der Waals surface area contributed by atoms with Crippen LogP contribution in [0.1, 0.15) is 25.0 Å². The quantitative estimate of drug-likeness (QED) is 0.860. The lowest BCUT2D eigenvalue weighted by molar-refractivity contribution is 0.416. The molecule has 0 atom stereocenters. The first-order valence-electron chi connectivity index (χ1n) is 7.45. The lowest BCUT2D eigenvalue weighted by atomic mass is 10.1. The molecule has 2 aromatic rings. The molecule has 1 heterocycles. The number of ether oxygens (including phenoxy) is 1. The van der Waals surface area contributed by atoms with Gasteiger partial charge in [-0.25, -0.2) is 5.10 Å². The number of methoxy groups -OCH3 is 1. The number of aromatic nitrogens is 2.